The molecule has 0 radical (unpaired) electrons. The minimum atomic E-state index is -2.97. The number of hydrogen-bond donors (Lipinski definition) is 1. The van der Waals surface area contributed by atoms with Crippen molar-refractivity contribution >= 4 is 13.5 Å². The Balaban J connectivity index is 1.40. The summed E-state index contributed by atoms with van der Waals surface area (Å²) in [5.41, 5.74) is -0.347. The van der Waals surface area contributed by atoms with Gasteiger partial charge in [0.25, 0.3) is 0 Å². The van der Waals surface area contributed by atoms with Gasteiger partial charge in [-0.15, -0.1) is 0 Å². The fourth-order valence-electron chi connectivity index (χ4n) is 5.54. The highest BCUT2D eigenvalue weighted by atomic mass is 31.2. The zero-order valence-corrected chi connectivity index (χ0v) is 15.0. The van der Waals surface area contributed by atoms with E-state index in [1.54, 1.807) is 0 Å². The summed E-state index contributed by atoms with van der Waals surface area (Å²) in [6.07, 6.45) is 4.73. The van der Waals surface area contributed by atoms with E-state index in [1.807, 2.05) is 4.90 Å². The van der Waals surface area contributed by atoms with Crippen molar-refractivity contribution in [3.8, 4) is 0 Å². The lowest BCUT2D eigenvalue weighted by molar-refractivity contribution is -0.187. The molecule has 0 aromatic heterocycles. The summed E-state index contributed by atoms with van der Waals surface area (Å²) in [4.78, 5) is 26.4. The molecule has 1 spiro atoms. The molecule has 1 N–H and O–H groups in total. The Morgan fingerprint density at radius 1 is 1.26 bits per heavy atom. The van der Waals surface area contributed by atoms with Crippen molar-refractivity contribution in [2.24, 2.45) is 5.41 Å². The lowest BCUT2D eigenvalue weighted by atomic mass is 9.39. The maximum atomic E-state index is 12.4. The zero-order valence-electron chi connectivity index (χ0n) is 14.1. The molecular formula is C16H27N2O4P. The highest BCUT2D eigenvalue weighted by molar-refractivity contribution is 7.57. The van der Waals surface area contributed by atoms with Gasteiger partial charge in [0, 0.05) is 44.3 Å². The van der Waals surface area contributed by atoms with Crippen molar-refractivity contribution in [2.75, 3.05) is 39.0 Å². The number of nitrogens with zero attached hydrogens (tertiary/aromatic N) is 2. The van der Waals surface area contributed by atoms with Crippen molar-refractivity contribution in [2.45, 2.75) is 50.2 Å². The second-order valence-electron chi connectivity index (χ2n) is 8.54. The van der Waals surface area contributed by atoms with Crippen LogP contribution in [0, 0.1) is 5.41 Å². The topological polar surface area (TPSA) is 70.1 Å². The molecule has 0 aromatic rings. The van der Waals surface area contributed by atoms with E-state index in [9.17, 15) is 14.3 Å². The summed E-state index contributed by atoms with van der Waals surface area (Å²) in [6.45, 7) is 7.37. The zero-order chi connectivity index (χ0) is 16.5. The molecule has 6 nitrogen and oxygen atoms in total. The van der Waals surface area contributed by atoms with Gasteiger partial charge in [-0.05, 0) is 31.2 Å². The average Bonchev–Trinajstić information content (AvgIpc) is 2.69. The molecule has 7 heteroatoms. The number of amides is 1. The molecule has 2 saturated heterocycles. The van der Waals surface area contributed by atoms with Gasteiger partial charge in [-0.3, -0.25) is 9.46 Å². The normalized spacial score (nSPS) is 41.2. The van der Waals surface area contributed by atoms with Gasteiger partial charge in [0.2, 0.25) is 0 Å². The predicted octanol–water partition coefficient (Wildman–Crippen LogP) is 2.12. The van der Waals surface area contributed by atoms with Crippen molar-refractivity contribution in [1.82, 2.24) is 9.80 Å². The summed E-state index contributed by atoms with van der Waals surface area (Å²) < 4.78 is 17.5. The van der Waals surface area contributed by atoms with Gasteiger partial charge >= 0.3 is 6.09 Å². The van der Waals surface area contributed by atoms with E-state index < -0.39 is 7.37 Å². The van der Waals surface area contributed by atoms with Crippen molar-refractivity contribution < 1.29 is 19.0 Å². The van der Waals surface area contributed by atoms with Crippen molar-refractivity contribution in [3.63, 3.8) is 0 Å². The molecule has 5 fully saturated rings. The number of ether oxygens (including phenoxy) is 1. The summed E-state index contributed by atoms with van der Waals surface area (Å²) >= 11 is 0. The van der Waals surface area contributed by atoms with Gasteiger partial charge < -0.3 is 14.5 Å². The second-order valence-corrected chi connectivity index (χ2v) is 11.0. The molecule has 130 valence electrons. The maximum Gasteiger partial charge on any atom is 0.410 e. The highest BCUT2D eigenvalue weighted by Crippen LogP contribution is 2.73. The Morgan fingerprint density at radius 2 is 1.87 bits per heavy atom. The van der Waals surface area contributed by atoms with E-state index in [1.165, 1.54) is 6.66 Å². The third-order valence-corrected chi connectivity index (χ3v) is 7.76. The molecule has 2 heterocycles. The van der Waals surface area contributed by atoms with Crippen LogP contribution in [-0.2, 0) is 9.30 Å². The number of piperidine rings is 1. The number of rotatable bonds is 4. The molecule has 5 rings (SSSR count). The van der Waals surface area contributed by atoms with E-state index >= 15 is 0 Å². The van der Waals surface area contributed by atoms with E-state index in [0.29, 0.717) is 12.7 Å². The van der Waals surface area contributed by atoms with Crippen LogP contribution >= 0.6 is 7.37 Å². The number of carbonyl (C=O) groups is 1. The lowest BCUT2D eigenvalue weighted by Gasteiger charge is -2.73. The Morgan fingerprint density at radius 3 is 2.39 bits per heavy atom. The van der Waals surface area contributed by atoms with Gasteiger partial charge in [-0.25, -0.2) is 4.79 Å². The Labute approximate surface area is 137 Å². The molecule has 2 bridgehead atoms. The van der Waals surface area contributed by atoms with Crippen LogP contribution in [0.1, 0.15) is 39.0 Å². The van der Waals surface area contributed by atoms with E-state index in [0.717, 1.165) is 51.7 Å². The van der Waals surface area contributed by atoms with Gasteiger partial charge in [0.1, 0.15) is 5.60 Å². The fourth-order valence-corrected chi connectivity index (χ4v) is 7.12. The van der Waals surface area contributed by atoms with Crippen molar-refractivity contribution in [1.29, 1.82) is 0 Å². The molecule has 0 aromatic carbocycles. The minimum Gasteiger partial charge on any atom is -0.441 e. The van der Waals surface area contributed by atoms with Crippen LogP contribution < -0.4 is 0 Å². The van der Waals surface area contributed by atoms with E-state index in [2.05, 4.69) is 11.8 Å². The van der Waals surface area contributed by atoms with Crippen LogP contribution in [0.5, 0.6) is 0 Å². The first kappa shape index (κ1) is 15.9. The third kappa shape index (κ3) is 2.45. The smallest absolute Gasteiger partial charge is 0.410 e. The van der Waals surface area contributed by atoms with Crippen LogP contribution in [-0.4, -0.2) is 70.9 Å². The highest BCUT2D eigenvalue weighted by Gasteiger charge is 2.73. The SMILES string of the molecule is CCN1CCC2(CC1)CN(C13CC(CP(C)(=O)O)(C1)C3)C(=O)O2. The Kier molecular flexibility index (Phi) is 3.28. The van der Waals surface area contributed by atoms with Gasteiger partial charge in [-0.2, -0.15) is 0 Å². The first-order valence-electron chi connectivity index (χ1n) is 8.71. The van der Waals surface area contributed by atoms with Gasteiger partial charge in [0.15, 0.2) is 7.37 Å². The summed E-state index contributed by atoms with van der Waals surface area (Å²) in [7, 11) is -2.97. The first-order chi connectivity index (χ1) is 10.7. The van der Waals surface area contributed by atoms with E-state index in [-0.39, 0.29) is 22.6 Å². The van der Waals surface area contributed by atoms with Crippen LogP contribution in [0.2, 0.25) is 0 Å². The average molecular weight is 342 g/mol. The Hall–Kier alpha value is -0.580. The molecule has 23 heavy (non-hydrogen) atoms. The monoisotopic (exact) mass is 342 g/mol. The lowest BCUT2D eigenvalue weighted by Crippen LogP contribution is -2.76. The molecule has 2 aliphatic heterocycles. The molecule has 3 aliphatic carbocycles. The molecule has 1 unspecified atom stereocenters. The predicted molar refractivity (Wildman–Crippen MR) is 86.9 cm³/mol. The van der Waals surface area contributed by atoms with Gasteiger partial charge in [-0.1, -0.05) is 6.92 Å². The largest absolute Gasteiger partial charge is 0.441 e. The molecular weight excluding hydrogens is 315 g/mol. The first-order valence-corrected chi connectivity index (χ1v) is 11.0. The van der Waals surface area contributed by atoms with E-state index in [4.69, 9.17) is 4.74 Å². The Bertz CT molecular complexity index is 559. The summed E-state index contributed by atoms with van der Waals surface area (Å²) in [6, 6.07) is 0. The fraction of sp³-hybridized carbons (Fsp3) is 0.938. The minimum absolute atomic E-state index is 0.0145. The second kappa shape index (κ2) is 4.74. The maximum absolute atomic E-state index is 12.4. The number of hydrogen-bond acceptors (Lipinski definition) is 4. The number of carbonyl (C=O) groups excluding carboxylic acids is 1. The molecule has 1 amide bonds. The molecule has 3 saturated carbocycles. The van der Waals surface area contributed by atoms with Crippen LogP contribution in [0.15, 0.2) is 0 Å². The third-order valence-electron chi connectivity index (χ3n) is 6.50. The summed E-state index contributed by atoms with van der Waals surface area (Å²) in [5, 5.41) is 0. The van der Waals surface area contributed by atoms with Crippen molar-refractivity contribution in [3.05, 3.63) is 0 Å². The van der Waals surface area contributed by atoms with Gasteiger partial charge in [0.05, 0.1) is 6.54 Å². The number of likely N-dealkylation sites (tertiary alicyclic amines) is 1. The van der Waals surface area contributed by atoms with Crippen LogP contribution in [0.25, 0.3) is 0 Å². The summed E-state index contributed by atoms with van der Waals surface area (Å²) in [5.74, 6) is 0. The standard InChI is InChI=1S/C16H27N2O4P/c1-3-17-6-4-16(5-7-17)11-18(13(19)22-16)15-8-14(9-15,10-15)12-23(2,20)21/h3-12H2,1-2H3,(H,20,21). The quantitative estimate of drug-likeness (QED) is 0.793. The van der Waals surface area contributed by atoms with Crippen LogP contribution in [0.3, 0.4) is 0 Å². The van der Waals surface area contributed by atoms with Crippen LogP contribution in [0.4, 0.5) is 4.79 Å². The molecule has 1 atom stereocenters. The molecule has 5 aliphatic rings.